The van der Waals surface area contributed by atoms with Crippen LogP contribution >= 0.6 is 0 Å². The van der Waals surface area contributed by atoms with Crippen LogP contribution in [0.4, 0.5) is 0 Å². The summed E-state index contributed by atoms with van der Waals surface area (Å²) in [5, 5.41) is 0. The predicted octanol–water partition coefficient (Wildman–Crippen LogP) is 13.7. The van der Waals surface area contributed by atoms with E-state index in [1.54, 1.807) is 0 Å². The maximum atomic E-state index is 12.7. The Balaban J connectivity index is 4.53. The molecule has 0 saturated heterocycles. The van der Waals surface area contributed by atoms with Crippen LogP contribution in [0.1, 0.15) is 181 Å². The van der Waals surface area contributed by atoms with Crippen molar-refractivity contribution in [3.8, 4) is 0 Å². The molecule has 0 radical (unpaired) electrons. The molecule has 0 amide bonds. The highest BCUT2D eigenvalue weighted by Crippen LogP contribution is 2.12. The van der Waals surface area contributed by atoms with Crippen molar-refractivity contribution >= 4 is 17.9 Å². The molecule has 0 heterocycles. The number of allylic oxidation sites excluding steroid dienone is 14. The molecule has 0 N–H and O–H groups in total. The number of esters is 3. The zero-order chi connectivity index (χ0) is 39.4. The Kier molecular flexibility index (Phi) is 39.7. The second-order valence-corrected chi connectivity index (χ2v) is 13.9. The summed E-state index contributed by atoms with van der Waals surface area (Å²) in [6, 6.07) is 0. The number of carbonyl (C=O) groups excluding carboxylic acids is 3. The summed E-state index contributed by atoms with van der Waals surface area (Å²) < 4.78 is 16.6. The Bertz CT molecular complexity index is 1090. The lowest BCUT2D eigenvalue weighted by molar-refractivity contribution is -0.166. The van der Waals surface area contributed by atoms with Crippen LogP contribution < -0.4 is 0 Å². The molecule has 0 bridgehead atoms. The van der Waals surface area contributed by atoms with Gasteiger partial charge >= 0.3 is 17.9 Å². The van der Waals surface area contributed by atoms with Crippen LogP contribution in [0.3, 0.4) is 0 Å². The van der Waals surface area contributed by atoms with E-state index in [1.165, 1.54) is 19.3 Å². The summed E-state index contributed by atoms with van der Waals surface area (Å²) in [5.74, 6) is -1.03. The number of hydrogen-bond donors (Lipinski definition) is 0. The first kappa shape index (κ1) is 50.6. The maximum absolute atomic E-state index is 12.7. The SMILES string of the molecule is CC/C=C\C/C=C\C/C=C\C/C=C\CCC(=O)OCC(COC(=O)CCCCCCC/C=C\CCC)OC(=O)CCCCCCC/C=C\C/C=C\CCC. The summed E-state index contributed by atoms with van der Waals surface area (Å²) >= 11 is 0. The largest absolute Gasteiger partial charge is 0.462 e. The number of unbranched alkanes of at least 4 members (excludes halogenated alkanes) is 12. The highest BCUT2D eigenvalue weighted by atomic mass is 16.6. The van der Waals surface area contributed by atoms with Gasteiger partial charge in [0.05, 0.1) is 0 Å². The Labute approximate surface area is 331 Å². The van der Waals surface area contributed by atoms with Crippen LogP contribution in [0.25, 0.3) is 0 Å². The zero-order valence-corrected chi connectivity index (χ0v) is 34.7. The Morgan fingerprint density at radius 3 is 1.28 bits per heavy atom. The summed E-state index contributed by atoms with van der Waals surface area (Å²) in [6.07, 6.45) is 52.9. The van der Waals surface area contributed by atoms with Crippen LogP contribution in [0.5, 0.6) is 0 Å². The summed E-state index contributed by atoms with van der Waals surface area (Å²) in [7, 11) is 0. The van der Waals surface area contributed by atoms with Gasteiger partial charge in [0.2, 0.25) is 0 Å². The van der Waals surface area contributed by atoms with E-state index in [4.69, 9.17) is 14.2 Å². The smallest absolute Gasteiger partial charge is 0.306 e. The molecule has 0 saturated carbocycles. The molecule has 306 valence electrons. The van der Waals surface area contributed by atoms with Gasteiger partial charge in [-0.1, -0.05) is 157 Å². The van der Waals surface area contributed by atoms with Crippen molar-refractivity contribution in [1.82, 2.24) is 0 Å². The van der Waals surface area contributed by atoms with Crippen LogP contribution in [0, 0.1) is 0 Å². The monoisotopic (exact) mass is 751 g/mol. The number of hydrogen-bond acceptors (Lipinski definition) is 6. The van der Waals surface area contributed by atoms with E-state index in [-0.39, 0.29) is 37.5 Å². The van der Waals surface area contributed by atoms with Gasteiger partial charge in [-0.05, 0) is 89.9 Å². The van der Waals surface area contributed by atoms with Crippen LogP contribution in [0.15, 0.2) is 85.1 Å². The van der Waals surface area contributed by atoms with Crippen LogP contribution in [-0.2, 0) is 28.6 Å². The minimum Gasteiger partial charge on any atom is -0.462 e. The van der Waals surface area contributed by atoms with Gasteiger partial charge in [0.25, 0.3) is 0 Å². The molecule has 54 heavy (non-hydrogen) atoms. The molecular weight excluding hydrogens is 673 g/mol. The fourth-order valence-electron chi connectivity index (χ4n) is 5.38. The first-order valence-corrected chi connectivity index (χ1v) is 21.6. The van der Waals surface area contributed by atoms with Gasteiger partial charge in [-0.2, -0.15) is 0 Å². The van der Waals surface area contributed by atoms with Crippen molar-refractivity contribution in [2.45, 2.75) is 187 Å². The topological polar surface area (TPSA) is 78.9 Å². The van der Waals surface area contributed by atoms with E-state index in [0.717, 1.165) is 116 Å². The molecule has 0 rings (SSSR count). The fourth-order valence-corrected chi connectivity index (χ4v) is 5.38. The van der Waals surface area contributed by atoms with Crippen molar-refractivity contribution < 1.29 is 28.6 Å². The highest BCUT2D eigenvalue weighted by molar-refractivity contribution is 5.71. The fraction of sp³-hybridized carbons (Fsp3) is 0.646. The van der Waals surface area contributed by atoms with E-state index in [9.17, 15) is 14.4 Å². The van der Waals surface area contributed by atoms with E-state index in [1.807, 2.05) is 12.2 Å². The van der Waals surface area contributed by atoms with Crippen molar-refractivity contribution in [3.05, 3.63) is 85.1 Å². The van der Waals surface area contributed by atoms with Gasteiger partial charge in [0.15, 0.2) is 6.10 Å². The average molecular weight is 751 g/mol. The molecule has 0 spiro atoms. The van der Waals surface area contributed by atoms with E-state index >= 15 is 0 Å². The first-order chi connectivity index (χ1) is 26.5. The Morgan fingerprint density at radius 1 is 0.389 bits per heavy atom. The molecule has 6 nitrogen and oxygen atoms in total. The molecule has 0 aliphatic heterocycles. The van der Waals surface area contributed by atoms with Gasteiger partial charge in [0, 0.05) is 19.3 Å². The molecule has 0 aliphatic rings. The van der Waals surface area contributed by atoms with Crippen molar-refractivity contribution in [2.24, 2.45) is 0 Å². The van der Waals surface area contributed by atoms with Gasteiger partial charge in [-0.15, -0.1) is 0 Å². The van der Waals surface area contributed by atoms with Gasteiger partial charge < -0.3 is 14.2 Å². The van der Waals surface area contributed by atoms with Crippen LogP contribution in [-0.4, -0.2) is 37.2 Å². The minimum atomic E-state index is -0.813. The van der Waals surface area contributed by atoms with Crippen molar-refractivity contribution in [3.63, 3.8) is 0 Å². The van der Waals surface area contributed by atoms with Gasteiger partial charge in [-0.3, -0.25) is 14.4 Å². The molecular formula is C48H78O6. The molecule has 0 aromatic heterocycles. The maximum Gasteiger partial charge on any atom is 0.306 e. The number of rotatable bonds is 37. The molecule has 1 unspecified atom stereocenters. The molecule has 0 aromatic rings. The summed E-state index contributed by atoms with van der Waals surface area (Å²) in [5.41, 5.74) is 0. The molecule has 0 fully saturated rings. The third-order valence-corrected chi connectivity index (χ3v) is 8.58. The van der Waals surface area contributed by atoms with E-state index in [0.29, 0.717) is 19.3 Å². The molecule has 0 aliphatic carbocycles. The quantitative estimate of drug-likeness (QED) is 0.0272. The lowest BCUT2D eigenvalue weighted by atomic mass is 10.1. The van der Waals surface area contributed by atoms with E-state index < -0.39 is 6.10 Å². The third kappa shape index (κ3) is 39.8. The lowest BCUT2D eigenvalue weighted by Crippen LogP contribution is -2.30. The number of carbonyl (C=O) groups is 3. The second-order valence-electron chi connectivity index (χ2n) is 13.9. The third-order valence-electron chi connectivity index (χ3n) is 8.58. The Morgan fingerprint density at radius 2 is 0.759 bits per heavy atom. The normalized spacial score (nSPS) is 12.9. The minimum absolute atomic E-state index is 0.110. The highest BCUT2D eigenvalue weighted by Gasteiger charge is 2.19. The van der Waals surface area contributed by atoms with Gasteiger partial charge in [-0.25, -0.2) is 0 Å². The molecule has 6 heteroatoms. The Hall–Kier alpha value is -3.41. The average Bonchev–Trinajstić information content (AvgIpc) is 3.17. The first-order valence-electron chi connectivity index (χ1n) is 21.6. The second kappa shape index (κ2) is 42.3. The summed E-state index contributed by atoms with van der Waals surface area (Å²) in [6.45, 7) is 6.27. The van der Waals surface area contributed by atoms with E-state index in [2.05, 4.69) is 93.7 Å². The standard InChI is InChI=1S/C48H78O6/c1-4-7-10-13-16-19-22-24-26-29-32-35-38-41-47(50)53-44-45(43-52-46(49)40-37-34-31-28-21-18-15-12-9-6-3)54-48(51)42-39-36-33-30-27-25-23-20-17-14-11-8-5-2/h7,10-12,14-16,19-20,23-24,26,32,35,45H,4-6,8-9,13,17-18,21-22,25,27-31,33-34,36-44H2,1-3H3/b10-7-,14-11-,15-12-,19-16-,23-20-,26-24-,35-32-. The number of ether oxygens (including phenoxy) is 3. The lowest BCUT2D eigenvalue weighted by Gasteiger charge is -2.18. The van der Waals surface area contributed by atoms with Gasteiger partial charge in [0.1, 0.15) is 13.2 Å². The van der Waals surface area contributed by atoms with Crippen molar-refractivity contribution in [1.29, 1.82) is 0 Å². The van der Waals surface area contributed by atoms with Crippen molar-refractivity contribution in [2.75, 3.05) is 13.2 Å². The van der Waals surface area contributed by atoms with Crippen LogP contribution in [0.2, 0.25) is 0 Å². The zero-order valence-electron chi connectivity index (χ0n) is 34.7. The molecule has 1 atom stereocenters. The molecule has 0 aromatic carbocycles. The predicted molar refractivity (Wildman–Crippen MR) is 228 cm³/mol. The summed E-state index contributed by atoms with van der Waals surface area (Å²) in [4.78, 5) is 37.6.